The Morgan fingerprint density at radius 3 is 2.71 bits per heavy atom. The van der Waals surface area contributed by atoms with Gasteiger partial charge in [-0.15, -0.1) is 0 Å². The van der Waals surface area contributed by atoms with Crippen LogP contribution >= 0.6 is 28.1 Å². The van der Waals surface area contributed by atoms with Crippen LogP contribution in [0.15, 0.2) is 21.7 Å². The summed E-state index contributed by atoms with van der Waals surface area (Å²) in [6.07, 6.45) is 3.70. The Hall–Kier alpha value is -1.34. The van der Waals surface area contributed by atoms with Crippen molar-refractivity contribution in [1.82, 2.24) is 5.43 Å². The Kier molecular flexibility index (Phi) is 8.07. The van der Waals surface area contributed by atoms with Gasteiger partial charge in [0.25, 0.3) is 0 Å². The van der Waals surface area contributed by atoms with E-state index < -0.39 is 0 Å². The number of nitrogens with zero attached hydrogens (tertiary/aromatic N) is 1. The van der Waals surface area contributed by atoms with Gasteiger partial charge in [-0.2, -0.15) is 5.10 Å². The molecule has 0 aliphatic rings. The first-order chi connectivity index (χ1) is 10.1. The largest absolute Gasteiger partial charge is 0.490 e. The summed E-state index contributed by atoms with van der Waals surface area (Å²) in [4.78, 5) is 0. The van der Waals surface area contributed by atoms with Crippen molar-refractivity contribution < 1.29 is 9.47 Å². The molecule has 0 bridgehead atoms. The minimum Gasteiger partial charge on any atom is -0.490 e. The molecule has 0 amide bonds. The van der Waals surface area contributed by atoms with Gasteiger partial charge in [-0.3, -0.25) is 5.43 Å². The highest BCUT2D eigenvalue weighted by molar-refractivity contribution is 9.10. The Bertz CT molecular complexity index is 509. The quantitative estimate of drug-likeness (QED) is 0.317. The molecule has 1 aromatic rings. The molecule has 0 aromatic heterocycles. The zero-order valence-electron chi connectivity index (χ0n) is 12.2. The van der Waals surface area contributed by atoms with Crippen molar-refractivity contribution >= 4 is 39.5 Å². The second-order valence-electron chi connectivity index (χ2n) is 4.19. The van der Waals surface area contributed by atoms with Gasteiger partial charge in [0, 0.05) is 10.0 Å². The first-order valence-electron chi connectivity index (χ1n) is 6.76. The highest BCUT2D eigenvalue weighted by Crippen LogP contribution is 2.33. The summed E-state index contributed by atoms with van der Waals surface area (Å²) in [5.74, 6) is 1.41. The van der Waals surface area contributed by atoms with E-state index in [-0.39, 0.29) is 5.11 Å². The lowest BCUT2D eigenvalue weighted by atomic mass is 10.2. The summed E-state index contributed by atoms with van der Waals surface area (Å²) in [5.41, 5.74) is 8.67. The number of thiocarbonyl (C=S) groups is 1. The molecule has 0 aliphatic heterocycles. The molecular weight excluding hydrogens is 354 g/mol. The van der Waals surface area contributed by atoms with E-state index in [0.29, 0.717) is 19.0 Å². The van der Waals surface area contributed by atoms with Crippen molar-refractivity contribution in [2.24, 2.45) is 10.8 Å². The smallest absolute Gasteiger partial charge is 0.184 e. The average molecular weight is 374 g/mol. The molecule has 0 fully saturated rings. The van der Waals surface area contributed by atoms with E-state index in [9.17, 15) is 0 Å². The number of ether oxygens (including phenoxy) is 2. The van der Waals surface area contributed by atoms with E-state index in [2.05, 4.69) is 45.6 Å². The van der Waals surface area contributed by atoms with Crippen molar-refractivity contribution in [3.05, 3.63) is 22.2 Å². The maximum Gasteiger partial charge on any atom is 0.184 e. The molecular formula is C14H20BrN3O2S. The maximum atomic E-state index is 5.75. The number of unbranched alkanes of at least 4 members (excludes halogenated alkanes) is 1. The van der Waals surface area contributed by atoms with E-state index in [1.54, 1.807) is 6.21 Å². The van der Waals surface area contributed by atoms with Crippen LogP contribution in [0.25, 0.3) is 0 Å². The number of nitrogens with two attached hydrogens (primary N) is 1. The third kappa shape index (κ3) is 6.31. The molecule has 0 spiro atoms. The van der Waals surface area contributed by atoms with Crippen LogP contribution in [0.1, 0.15) is 32.3 Å². The van der Waals surface area contributed by atoms with E-state index in [0.717, 1.165) is 28.6 Å². The lowest BCUT2D eigenvalue weighted by Gasteiger charge is -2.13. The van der Waals surface area contributed by atoms with Crippen molar-refractivity contribution in [1.29, 1.82) is 0 Å². The minimum atomic E-state index is 0.118. The van der Waals surface area contributed by atoms with Gasteiger partial charge >= 0.3 is 0 Å². The van der Waals surface area contributed by atoms with Gasteiger partial charge < -0.3 is 15.2 Å². The first kappa shape index (κ1) is 17.7. The molecule has 1 rings (SSSR count). The third-order valence-electron chi connectivity index (χ3n) is 2.50. The van der Waals surface area contributed by atoms with Gasteiger partial charge in [0.2, 0.25) is 0 Å². The van der Waals surface area contributed by atoms with E-state index in [4.69, 9.17) is 15.2 Å². The van der Waals surface area contributed by atoms with Crippen LogP contribution in [-0.4, -0.2) is 24.5 Å². The van der Waals surface area contributed by atoms with Gasteiger partial charge in [-0.1, -0.05) is 13.3 Å². The Morgan fingerprint density at radius 1 is 1.38 bits per heavy atom. The number of benzene rings is 1. The van der Waals surface area contributed by atoms with Crippen LogP contribution in [0, 0.1) is 0 Å². The summed E-state index contributed by atoms with van der Waals surface area (Å²) in [6, 6.07) is 3.74. The lowest BCUT2D eigenvalue weighted by Crippen LogP contribution is -2.24. The number of hydrogen-bond acceptors (Lipinski definition) is 4. The van der Waals surface area contributed by atoms with E-state index in [1.807, 2.05) is 19.1 Å². The molecule has 0 heterocycles. The molecule has 5 nitrogen and oxygen atoms in total. The molecule has 0 saturated heterocycles. The second-order valence-corrected chi connectivity index (χ2v) is 5.48. The Labute approximate surface area is 139 Å². The van der Waals surface area contributed by atoms with Gasteiger partial charge in [0.05, 0.1) is 19.4 Å². The molecule has 0 atom stereocenters. The topological polar surface area (TPSA) is 68.9 Å². The van der Waals surface area contributed by atoms with Crippen LogP contribution in [0.5, 0.6) is 11.5 Å². The predicted molar refractivity (Wildman–Crippen MR) is 93.2 cm³/mol. The van der Waals surface area contributed by atoms with Gasteiger partial charge in [0.15, 0.2) is 16.6 Å². The average Bonchev–Trinajstić information content (AvgIpc) is 2.43. The normalized spacial score (nSPS) is 10.6. The Balaban J connectivity index is 2.93. The third-order valence-corrected chi connectivity index (χ3v) is 3.27. The fourth-order valence-electron chi connectivity index (χ4n) is 1.52. The van der Waals surface area contributed by atoms with Crippen LogP contribution in [0.2, 0.25) is 0 Å². The summed E-state index contributed by atoms with van der Waals surface area (Å²) in [7, 11) is 0. The molecule has 7 heteroatoms. The zero-order valence-corrected chi connectivity index (χ0v) is 14.6. The van der Waals surface area contributed by atoms with Gasteiger partial charge in [-0.25, -0.2) is 0 Å². The summed E-state index contributed by atoms with van der Waals surface area (Å²) < 4.78 is 12.2. The SMILES string of the molecule is CCCCOc1cc(Br)c(C=NNC(N)=S)cc1OCC. The fourth-order valence-corrected chi connectivity index (χ4v) is 2.00. The lowest BCUT2D eigenvalue weighted by molar-refractivity contribution is 0.272. The van der Waals surface area contributed by atoms with Crippen LogP contribution < -0.4 is 20.6 Å². The molecule has 116 valence electrons. The molecule has 0 aliphatic carbocycles. The zero-order chi connectivity index (χ0) is 15.7. The van der Waals surface area contributed by atoms with E-state index in [1.165, 1.54) is 0 Å². The molecule has 1 aromatic carbocycles. The highest BCUT2D eigenvalue weighted by Gasteiger charge is 2.10. The second kappa shape index (κ2) is 9.57. The summed E-state index contributed by atoms with van der Waals surface area (Å²) in [5, 5.41) is 4.06. The molecule has 0 saturated carbocycles. The number of nitrogens with one attached hydrogen (secondary N) is 1. The van der Waals surface area contributed by atoms with Crippen LogP contribution in [0.4, 0.5) is 0 Å². The van der Waals surface area contributed by atoms with Gasteiger partial charge in [0.1, 0.15) is 0 Å². The first-order valence-corrected chi connectivity index (χ1v) is 7.96. The Morgan fingerprint density at radius 2 is 2.10 bits per heavy atom. The number of halogens is 1. The van der Waals surface area contributed by atoms with Crippen molar-refractivity contribution in [3.63, 3.8) is 0 Å². The van der Waals surface area contributed by atoms with E-state index >= 15 is 0 Å². The van der Waals surface area contributed by atoms with Crippen LogP contribution in [-0.2, 0) is 0 Å². The van der Waals surface area contributed by atoms with Crippen molar-refractivity contribution in [2.45, 2.75) is 26.7 Å². The van der Waals surface area contributed by atoms with Gasteiger partial charge in [-0.05, 0) is 53.6 Å². The number of hydrogen-bond donors (Lipinski definition) is 2. The minimum absolute atomic E-state index is 0.118. The summed E-state index contributed by atoms with van der Waals surface area (Å²) >= 11 is 8.18. The standard InChI is InChI=1S/C14H20BrN3O2S/c1-3-5-6-20-13-8-11(15)10(7-12(13)19-4-2)9-17-18-14(16)21/h7-9H,3-6H2,1-2H3,(H3,16,18,21). The molecule has 0 radical (unpaired) electrons. The number of hydrazone groups is 1. The summed E-state index contributed by atoms with van der Waals surface area (Å²) in [6.45, 7) is 5.28. The highest BCUT2D eigenvalue weighted by atomic mass is 79.9. The molecule has 3 N–H and O–H groups in total. The van der Waals surface area contributed by atoms with Crippen molar-refractivity contribution in [3.8, 4) is 11.5 Å². The molecule has 21 heavy (non-hydrogen) atoms. The number of rotatable bonds is 8. The fraction of sp³-hybridized carbons (Fsp3) is 0.429. The van der Waals surface area contributed by atoms with Crippen LogP contribution in [0.3, 0.4) is 0 Å². The monoisotopic (exact) mass is 373 g/mol. The molecule has 0 unspecified atom stereocenters. The predicted octanol–water partition coefficient (Wildman–Crippen LogP) is 3.19. The van der Waals surface area contributed by atoms with Crippen molar-refractivity contribution in [2.75, 3.05) is 13.2 Å². The maximum absolute atomic E-state index is 5.75.